The molecule has 1 aromatic carbocycles. The molecule has 0 atom stereocenters. The highest BCUT2D eigenvalue weighted by Gasteiger charge is 2.08. The number of ether oxygens (including phenoxy) is 1. The van der Waals surface area contributed by atoms with Gasteiger partial charge in [-0.1, -0.05) is 6.07 Å². The molecule has 3 N–H and O–H groups in total. The van der Waals surface area contributed by atoms with Crippen molar-refractivity contribution >= 4 is 29.0 Å². The highest BCUT2D eigenvalue weighted by molar-refractivity contribution is 6.00. The Hall–Kier alpha value is -4.53. The Morgan fingerprint density at radius 1 is 0.906 bits per heavy atom. The number of rotatable bonds is 6. The van der Waals surface area contributed by atoms with Crippen molar-refractivity contribution in [2.24, 2.45) is 0 Å². The summed E-state index contributed by atoms with van der Waals surface area (Å²) in [6, 6.07) is 12.3. The molecule has 0 saturated carbocycles. The first-order valence-corrected chi connectivity index (χ1v) is 9.79. The molecule has 0 spiro atoms. The zero-order valence-corrected chi connectivity index (χ0v) is 17.5. The number of aromatic nitrogens is 4. The zero-order chi connectivity index (χ0) is 22.3. The lowest BCUT2D eigenvalue weighted by Gasteiger charge is -2.12. The number of benzene rings is 1. The van der Waals surface area contributed by atoms with Crippen LogP contribution in [-0.2, 0) is 0 Å². The van der Waals surface area contributed by atoms with Crippen molar-refractivity contribution in [3.63, 3.8) is 0 Å². The Labute approximate surface area is 185 Å². The van der Waals surface area contributed by atoms with Crippen LogP contribution in [0.1, 0.15) is 5.56 Å². The number of methoxy groups -OCH3 is 1. The molecule has 160 valence electrons. The van der Waals surface area contributed by atoms with Gasteiger partial charge in [0.15, 0.2) is 0 Å². The third kappa shape index (κ3) is 5.14. The SMILES string of the molecule is COc1cncc(-c2ccnc(Nc3cc(NC(=O)Nc4ccncc4)ccc3C)n2)c1. The average molecular weight is 427 g/mol. The number of hydrogen-bond donors (Lipinski definition) is 3. The van der Waals surface area contributed by atoms with Crippen LogP contribution in [0, 0.1) is 6.92 Å². The van der Waals surface area contributed by atoms with Crippen LogP contribution >= 0.6 is 0 Å². The number of urea groups is 1. The highest BCUT2D eigenvalue weighted by Crippen LogP contribution is 2.25. The van der Waals surface area contributed by atoms with Gasteiger partial charge in [-0.05, 0) is 48.9 Å². The summed E-state index contributed by atoms with van der Waals surface area (Å²) in [5, 5.41) is 8.80. The van der Waals surface area contributed by atoms with Gasteiger partial charge in [0.1, 0.15) is 5.75 Å². The van der Waals surface area contributed by atoms with E-state index in [2.05, 4.69) is 35.9 Å². The summed E-state index contributed by atoms with van der Waals surface area (Å²) in [7, 11) is 1.59. The average Bonchev–Trinajstić information content (AvgIpc) is 2.82. The summed E-state index contributed by atoms with van der Waals surface area (Å²) in [4.78, 5) is 29.3. The maximum Gasteiger partial charge on any atom is 0.323 e. The van der Waals surface area contributed by atoms with Gasteiger partial charge in [-0.25, -0.2) is 14.8 Å². The van der Waals surface area contributed by atoms with E-state index in [0.717, 1.165) is 16.8 Å². The molecule has 9 heteroatoms. The standard InChI is InChI=1S/C23H21N7O2/c1-15-3-4-18(28-23(31)27-17-5-8-24-9-6-17)12-21(15)30-22-26-10-7-20(29-22)16-11-19(32-2)14-25-13-16/h3-14H,1-2H3,(H,26,29,30)(H2,24,27,28,31). The molecule has 32 heavy (non-hydrogen) atoms. The minimum atomic E-state index is -0.352. The Balaban J connectivity index is 1.50. The molecular weight excluding hydrogens is 406 g/mol. The fourth-order valence-electron chi connectivity index (χ4n) is 2.93. The second-order valence-corrected chi connectivity index (χ2v) is 6.85. The minimum Gasteiger partial charge on any atom is -0.495 e. The van der Waals surface area contributed by atoms with Gasteiger partial charge in [0.25, 0.3) is 0 Å². The van der Waals surface area contributed by atoms with Crippen molar-refractivity contribution in [3.05, 3.63) is 79.0 Å². The van der Waals surface area contributed by atoms with Crippen LogP contribution in [0.25, 0.3) is 11.3 Å². The summed E-state index contributed by atoms with van der Waals surface area (Å²) in [5.74, 6) is 1.07. The molecule has 0 aliphatic rings. The van der Waals surface area contributed by atoms with Crippen LogP contribution in [0.3, 0.4) is 0 Å². The summed E-state index contributed by atoms with van der Waals surface area (Å²) in [6.45, 7) is 1.96. The van der Waals surface area contributed by atoms with Gasteiger partial charge in [0, 0.05) is 47.4 Å². The van der Waals surface area contributed by atoms with Gasteiger partial charge < -0.3 is 20.7 Å². The predicted octanol–water partition coefficient (Wildman–Crippen LogP) is 4.64. The van der Waals surface area contributed by atoms with E-state index in [4.69, 9.17) is 4.74 Å². The van der Waals surface area contributed by atoms with Crippen molar-refractivity contribution < 1.29 is 9.53 Å². The van der Waals surface area contributed by atoms with Gasteiger partial charge in [-0.2, -0.15) is 0 Å². The molecule has 9 nitrogen and oxygen atoms in total. The minimum absolute atomic E-state index is 0.352. The number of carbonyl (C=O) groups excluding carboxylic acids is 1. The molecule has 2 amide bonds. The lowest BCUT2D eigenvalue weighted by molar-refractivity contribution is 0.262. The van der Waals surface area contributed by atoms with Crippen molar-refractivity contribution in [2.45, 2.75) is 6.92 Å². The number of anilines is 4. The quantitative estimate of drug-likeness (QED) is 0.411. The van der Waals surface area contributed by atoms with Crippen LogP contribution in [0.15, 0.2) is 73.4 Å². The van der Waals surface area contributed by atoms with Crippen LogP contribution in [0.2, 0.25) is 0 Å². The topological polar surface area (TPSA) is 114 Å². The molecule has 0 bridgehead atoms. The third-order valence-electron chi connectivity index (χ3n) is 4.58. The van der Waals surface area contributed by atoms with Crippen LogP contribution < -0.4 is 20.7 Å². The third-order valence-corrected chi connectivity index (χ3v) is 4.58. The fourth-order valence-corrected chi connectivity index (χ4v) is 2.93. The first-order chi connectivity index (χ1) is 15.6. The Morgan fingerprint density at radius 2 is 1.72 bits per heavy atom. The molecule has 3 heterocycles. The lowest BCUT2D eigenvalue weighted by atomic mass is 10.2. The van der Waals surface area contributed by atoms with E-state index >= 15 is 0 Å². The smallest absolute Gasteiger partial charge is 0.323 e. The summed E-state index contributed by atoms with van der Waals surface area (Å²) < 4.78 is 5.24. The first-order valence-electron chi connectivity index (χ1n) is 9.79. The van der Waals surface area contributed by atoms with E-state index in [-0.39, 0.29) is 6.03 Å². The highest BCUT2D eigenvalue weighted by atomic mass is 16.5. The number of amides is 2. The van der Waals surface area contributed by atoms with Crippen molar-refractivity contribution in [1.82, 2.24) is 19.9 Å². The summed E-state index contributed by atoms with van der Waals surface area (Å²) in [5.41, 5.74) is 4.54. The van der Waals surface area contributed by atoms with Gasteiger partial charge in [0.2, 0.25) is 5.95 Å². The van der Waals surface area contributed by atoms with E-state index in [1.807, 2.05) is 31.2 Å². The zero-order valence-electron chi connectivity index (χ0n) is 17.5. The Bertz CT molecular complexity index is 1230. The first kappa shape index (κ1) is 20.7. The number of carbonyl (C=O) groups is 1. The molecule has 4 rings (SSSR count). The van der Waals surface area contributed by atoms with Crippen molar-refractivity contribution in [1.29, 1.82) is 0 Å². The summed E-state index contributed by atoms with van der Waals surface area (Å²) in [6.07, 6.45) is 8.24. The predicted molar refractivity (Wildman–Crippen MR) is 123 cm³/mol. The molecule has 0 radical (unpaired) electrons. The van der Waals surface area contributed by atoms with E-state index in [1.54, 1.807) is 56.3 Å². The molecule has 0 unspecified atom stereocenters. The van der Waals surface area contributed by atoms with Crippen LogP contribution in [0.4, 0.5) is 27.8 Å². The van der Waals surface area contributed by atoms with E-state index in [1.165, 1.54) is 0 Å². The van der Waals surface area contributed by atoms with Gasteiger partial charge in [0.05, 0.1) is 19.0 Å². The molecule has 0 fully saturated rings. The fraction of sp³-hybridized carbons (Fsp3) is 0.0870. The second kappa shape index (κ2) is 9.52. The maximum atomic E-state index is 12.3. The normalized spacial score (nSPS) is 10.3. The number of nitrogens with zero attached hydrogens (tertiary/aromatic N) is 4. The Morgan fingerprint density at radius 3 is 2.53 bits per heavy atom. The van der Waals surface area contributed by atoms with Gasteiger partial charge in [-0.3, -0.25) is 9.97 Å². The Kier molecular flexibility index (Phi) is 6.17. The number of pyridine rings is 2. The van der Waals surface area contributed by atoms with E-state index in [9.17, 15) is 4.79 Å². The molecule has 0 saturated heterocycles. The number of hydrogen-bond acceptors (Lipinski definition) is 7. The van der Waals surface area contributed by atoms with Crippen LogP contribution in [0.5, 0.6) is 5.75 Å². The number of aryl methyl sites for hydroxylation is 1. The van der Waals surface area contributed by atoms with E-state index < -0.39 is 0 Å². The van der Waals surface area contributed by atoms with Crippen LogP contribution in [-0.4, -0.2) is 33.1 Å². The maximum absolute atomic E-state index is 12.3. The molecule has 0 aliphatic heterocycles. The lowest BCUT2D eigenvalue weighted by Crippen LogP contribution is -2.19. The van der Waals surface area contributed by atoms with Crippen molar-refractivity contribution in [2.75, 3.05) is 23.1 Å². The molecular formula is C23H21N7O2. The molecule has 4 aromatic rings. The molecule has 3 aromatic heterocycles. The monoisotopic (exact) mass is 427 g/mol. The second-order valence-electron chi connectivity index (χ2n) is 6.85. The van der Waals surface area contributed by atoms with E-state index in [0.29, 0.717) is 28.8 Å². The van der Waals surface area contributed by atoms with Crippen molar-refractivity contribution in [3.8, 4) is 17.0 Å². The number of nitrogens with one attached hydrogen (secondary N) is 3. The summed E-state index contributed by atoms with van der Waals surface area (Å²) >= 11 is 0. The largest absolute Gasteiger partial charge is 0.495 e. The molecule has 0 aliphatic carbocycles. The van der Waals surface area contributed by atoms with Gasteiger partial charge >= 0.3 is 6.03 Å². The van der Waals surface area contributed by atoms with Gasteiger partial charge in [-0.15, -0.1) is 0 Å².